The zero-order valence-electron chi connectivity index (χ0n) is 12.2. The van der Waals surface area contributed by atoms with Gasteiger partial charge in [-0.1, -0.05) is 23.8 Å². The number of ether oxygens (including phenoxy) is 1. The van der Waals surface area contributed by atoms with E-state index in [1.54, 1.807) is 6.20 Å². The van der Waals surface area contributed by atoms with Crippen LogP contribution in [0.2, 0.25) is 0 Å². The first kappa shape index (κ1) is 12.6. The van der Waals surface area contributed by atoms with Crippen LogP contribution < -0.4 is 4.74 Å². The summed E-state index contributed by atoms with van der Waals surface area (Å²) in [4.78, 5) is 6.80. The number of hydrogen-bond donors (Lipinski definition) is 0. The number of aromatic nitrogens is 1. The average Bonchev–Trinajstić information content (AvgIpc) is 2.53. The summed E-state index contributed by atoms with van der Waals surface area (Å²) in [5.41, 5.74) is 5.21. The van der Waals surface area contributed by atoms with Crippen LogP contribution in [0.5, 0.6) is 11.6 Å². The van der Waals surface area contributed by atoms with Crippen LogP contribution in [-0.2, 0) is 0 Å². The second-order valence-electron chi connectivity index (χ2n) is 5.74. The van der Waals surface area contributed by atoms with Crippen LogP contribution in [-0.4, -0.2) is 30.0 Å². The minimum atomic E-state index is 0.734. The Bertz CT molecular complexity index is 663. The van der Waals surface area contributed by atoms with Gasteiger partial charge < -0.3 is 9.64 Å². The molecular weight excluding hydrogens is 260 g/mol. The van der Waals surface area contributed by atoms with Crippen molar-refractivity contribution in [3.8, 4) is 11.6 Å². The molecule has 0 radical (unpaired) electrons. The van der Waals surface area contributed by atoms with Crippen molar-refractivity contribution in [3.05, 3.63) is 59.3 Å². The number of fused-ring (bicyclic) bond motifs is 2. The number of nitrogens with zero attached hydrogens (tertiary/aromatic N) is 2. The monoisotopic (exact) mass is 278 g/mol. The Kier molecular flexibility index (Phi) is 3.00. The third-order valence-electron chi connectivity index (χ3n) is 4.35. The molecule has 1 aromatic carbocycles. The summed E-state index contributed by atoms with van der Waals surface area (Å²) in [6, 6.07) is 12.4. The molecule has 0 aliphatic carbocycles. The van der Waals surface area contributed by atoms with Crippen LogP contribution in [0, 0.1) is 0 Å². The van der Waals surface area contributed by atoms with Crippen molar-refractivity contribution in [1.29, 1.82) is 0 Å². The van der Waals surface area contributed by atoms with E-state index in [0.29, 0.717) is 0 Å². The largest absolute Gasteiger partial charge is 0.438 e. The molecule has 3 heteroatoms. The maximum atomic E-state index is 5.96. The number of piperidine rings is 1. The predicted molar refractivity (Wildman–Crippen MR) is 83.5 cm³/mol. The van der Waals surface area contributed by atoms with Crippen molar-refractivity contribution in [2.45, 2.75) is 12.8 Å². The van der Waals surface area contributed by atoms with Gasteiger partial charge in [0.2, 0.25) is 5.88 Å². The smallest absolute Gasteiger partial charge is 0.227 e. The summed E-state index contributed by atoms with van der Waals surface area (Å²) >= 11 is 0. The molecule has 0 N–H and O–H groups in total. The van der Waals surface area contributed by atoms with Gasteiger partial charge in [-0.05, 0) is 43.7 Å². The Morgan fingerprint density at radius 3 is 2.62 bits per heavy atom. The molecule has 0 unspecified atom stereocenters. The van der Waals surface area contributed by atoms with Crippen LogP contribution >= 0.6 is 0 Å². The normalized spacial score (nSPS) is 18.0. The Morgan fingerprint density at radius 1 is 1.00 bits per heavy atom. The molecule has 106 valence electrons. The van der Waals surface area contributed by atoms with E-state index < -0.39 is 0 Å². The first-order valence-electron chi connectivity index (χ1n) is 7.46. The number of pyridine rings is 1. The Balaban J connectivity index is 1.92. The lowest BCUT2D eigenvalue weighted by molar-refractivity contribution is 0.313. The topological polar surface area (TPSA) is 25.4 Å². The fourth-order valence-corrected chi connectivity index (χ4v) is 3.19. The standard InChI is InChI=1S/C18H18N2O/c1-20-11-8-13(9-12-20)17-14-5-2-3-7-16(14)21-18-15(17)6-4-10-19-18/h2-7,10H,8-9,11-12H2,1H3. The van der Waals surface area contributed by atoms with Crippen LogP contribution in [0.1, 0.15) is 24.0 Å². The average molecular weight is 278 g/mol. The van der Waals surface area contributed by atoms with Gasteiger partial charge in [-0.25, -0.2) is 4.98 Å². The van der Waals surface area contributed by atoms with E-state index >= 15 is 0 Å². The van der Waals surface area contributed by atoms with Crippen molar-refractivity contribution >= 4 is 5.57 Å². The van der Waals surface area contributed by atoms with Gasteiger partial charge in [0.25, 0.3) is 0 Å². The fraction of sp³-hybridized carbons (Fsp3) is 0.278. The molecule has 3 nitrogen and oxygen atoms in total. The predicted octanol–water partition coefficient (Wildman–Crippen LogP) is 3.71. The van der Waals surface area contributed by atoms with E-state index in [1.807, 2.05) is 18.2 Å². The SMILES string of the molecule is CN1CCC(=C2c3ccccc3Oc3ncccc32)CC1. The summed E-state index contributed by atoms with van der Waals surface area (Å²) in [5, 5.41) is 0. The van der Waals surface area contributed by atoms with Gasteiger partial charge in [0.1, 0.15) is 5.75 Å². The molecule has 0 bridgehead atoms. The van der Waals surface area contributed by atoms with Crippen LogP contribution in [0.25, 0.3) is 5.57 Å². The number of para-hydroxylation sites is 1. The summed E-state index contributed by atoms with van der Waals surface area (Å²) < 4.78 is 5.96. The molecular formula is C18H18N2O. The van der Waals surface area contributed by atoms with Gasteiger partial charge in [0.15, 0.2) is 0 Å². The highest BCUT2D eigenvalue weighted by molar-refractivity contribution is 5.89. The van der Waals surface area contributed by atoms with Crippen molar-refractivity contribution in [1.82, 2.24) is 9.88 Å². The molecule has 4 rings (SSSR count). The minimum absolute atomic E-state index is 0.734. The van der Waals surface area contributed by atoms with E-state index in [1.165, 1.54) is 16.7 Å². The van der Waals surface area contributed by atoms with E-state index in [2.05, 4.69) is 35.1 Å². The number of hydrogen-bond acceptors (Lipinski definition) is 3. The molecule has 1 saturated heterocycles. The van der Waals surface area contributed by atoms with E-state index in [-0.39, 0.29) is 0 Å². The van der Waals surface area contributed by atoms with Gasteiger partial charge >= 0.3 is 0 Å². The van der Waals surface area contributed by atoms with Crippen molar-refractivity contribution in [3.63, 3.8) is 0 Å². The maximum absolute atomic E-state index is 5.96. The Hall–Kier alpha value is -2.13. The number of likely N-dealkylation sites (tertiary alicyclic amines) is 1. The first-order chi connectivity index (χ1) is 10.3. The maximum Gasteiger partial charge on any atom is 0.227 e. The van der Waals surface area contributed by atoms with Crippen LogP contribution in [0.15, 0.2) is 48.2 Å². The molecule has 3 heterocycles. The summed E-state index contributed by atoms with van der Waals surface area (Å²) in [6.07, 6.45) is 4.03. The zero-order valence-corrected chi connectivity index (χ0v) is 12.2. The van der Waals surface area contributed by atoms with Gasteiger partial charge in [-0.2, -0.15) is 0 Å². The van der Waals surface area contributed by atoms with Crippen LogP contribution in [0.4, 0.5) is 0 Å². The lowest BCUT2D eigenvalue weighted by Gasteiger charge is -2.29. The first-order valence-corrected chi connectivity index (χ1v) is 7.46. The second-order valence-corrected chi connectivity index (χ2v) is 5.74. The molecule has 2 aliphatic rings. The molecule has 0 spiro atoms. The highest BCUT2D eigenvalue weighted by Crippen LogP contribution is 2.45. The molecule has 1 aromatic heterocycles. The lowest BCUT2D eigenvalue weighted by atomic mass is 9.87. The highest BCUT2D eigenvalue weighted by atomic mass is 16.5. The zero-order chi connectivity index (χ0) is 14.2. The van der Waals surface area contributed by atoms with Gasteiger partial charge in [0, 0.05) is 30.4 Å². The molecule has 21 heavy (non-hydrogen) atoms. The fourth-order valence-electron chi connectivity index (χ4n) is 3.19. The van der Waals surface area contributed by atoms with E-state index in [4.69, 9.17) is 4.74 Å². The highest BCUT2D eigenvalue weighted by Gasteiger charge is 2.26. The van der Waals surface area contributed by atoms with Gasteiger partial charge in [-0.15, -0.1) is 0 Å². The van der Waals surface area contributed by atoms with Crippen molar-refractivity contribution in [2.75, 3.05) is 20.1 Å². The minimum Gasteiger partial charge on any atom is -0.438 e. The van der Waals surface area contributed by atoms with E-state index in [9.17, 15) is 0 Å². The molecule has 0 saturated carbocycles. The second kappa shape index (κ2) is 5.01. The molecule has 2 aliphatic heterocycles. The van der Waals surface area contributed by atoms with Gasteiger partial charge in [-0.3, -0.25) is 0 Å². The number of benzene rings is 1. The van der Waals surface area contributed by atoms with Crippen molar-refractivity contribution in [2.24, 2.45) is 0 Å². The van der Waals surface area contributed by atoms with Crippen LogP contribution in [0.3, 0.4) is 0 Å². The number of rotatable bonds is 0. The lowest BCUT2D eigenvalue weighted by Crippen LogP contribution is -2.27. The third kappa shape index (κ3) is 2.14. The quantitative estimate of drug-likeness (QED) is 0.626. The van der Waals surface area contributed by atoms with E-state index in [0.717, 1.165) is 43.1 Å². The Morgan fingerprint density at radius 2 is 1.76 bits per heavy atom. The van der Waals surface area contributed by atoms with Gasteiger partial charge in [0.05, 0.1) is 0 Å². The molecule has 1 fully saturated rings. The third-order valence-corrected chi connectivity index (χ3v) is 4.35. The Labute approximate surface area is 124 Å². The molecule has 0 atom stereocenters. The summed E-state index contributed by atoms with van der Waals surface area (Å²) in [7, 11) is 2.19. The molecule has 2 aromatic rings. The van der Waals surface area contributed by atoms with Crippen molar-refractivity contribution < 1.29 is 4.74 Å². The summed E-state index contributed by atoms with van der Waals surface area (Å²) in [5.74, 6) is 1.66. The molecule has 0 amide bonds. The summed E-state index contributed by atoms with van der Waals surface area (Å²) in [6.45, 7) is 2.24.